The summed E-state index contributed by atoms with van der Waals surface area (Å²) in [5.41, 5.74) is 5.66. The van der Waals surface area contributed by atoms with Gasteiger partial charge in [-0.3, -0.25) is 0 Å². The van der Waals surface area contributed by atoms with Crippen molar-refractivity contribution in [2.24, 2.45) is 18.7 Å². The summed E-state index contributed by atoms with van der Waals surface area (Å²) in [7, 11) is 1.98. The predicted octanol–water partition coefficient (Wildman–Crippen LogP) is 0.456. The topological polar surface area (TPSA) is 53.1 Å². The molecule has 1 aliphatic rings. The SMILES string of the molecule is Cn1ccnc1C1OCCC1CN. The third-order valence-electron chi connectivity index (χ3n) is 2.63. The zero-order valence-corrected chi connectivity index (χ0v) is 7.81. The Bertz CT molecular complexity index is 284. The highest BCUT2D eigenvalue weighted by atomic mass is 16.5. The lowest BCUT2D eigenvalue weighted by Gasteiger charge is -2.15. The molecule has 72 valence electrons. The highest BCUT2D eigenvalue weighted by Gasteiger charge is 2.30. The Hall–Kier alpha value is -0.870. The number of nitrogens with two attached hydrogens (primary N) is 1. The highest BCUT2D eigenvalue weighted by molar-refractivity contribution is 5.00. The van der Waals surface area contributed by atoms with E-state index >= 15 is 0 Å². The Labute approximate surface area is 77.7 Å². The van der Waals surface area contributed by atoms with Crippen LogP contribution in [0.4, 0.5) is 0 Å². The van der Waals surface area contributed by atoms with Gasteiger partial charge in [-0.15, -0.1) is 0 Å². The smallest absolute Gasteiger partial charge is 0.137 e. The quantitative estimate of drug-likeness (QED) is 0.721. The zero-order valence-electron chi connectivity index (χ0n) is 7.81. The molecule has 1 fully saturated rings. The molecule has 1 aliphatic heterocycles. The van der Waals surface area contributed by atoms with Crippen LogP contribution in [0.25, 0.3) is 0 Å². The maximum absolute atomic E-state index is 5.66. The third kappa shape index (κ3) is 1.47. The summed E-state index contributed by atoms with van der Waals surface area (Å²) in [5.74, 6) is 1.43. The Morgan fingerprint density at radius 1 is 1.77 bits per heavy atom. The third-order valence-corrected chi connectivity index (χ3v) is 2.63. The van der Waals surface area contributed by atoms with E-state index in [0.29, 0.717) is 12.5 Å². The second-order valence-corrected chi connectivity index (χ2v) is 3.47. The number of rotatable bonds is 2. The lowest BCUT2D eigenvalue weighted by atomic mass is 10.0. The molecule has 2 heterocycles. The van der Waals surface area contributed by atoms with Gasteiger partial charge in [-0.05, 0) is 13.0 Å². The highest BCUT2D eigenvalue weighted by Crippen LogP contribution is 2.32. The molecule has 0 amide bonds. The molecule has 1 aromatic rings. The molecule has 2 N–H and O–H groups in total. The van der Waals surface area contributed by atoms with Gasteiger partial charge in [0.15, 0.2) is 0 Å². The lowest BCUT2D eigenvalue weighted by Crippen LogP contribution is -2.20. The minimum Gasteiger partial charge on any atom is -0.370 e. The molecule has 13 heavy (non-hydrogen) atoms. The average Bonchev–Trinajstić information content (AvgIpc) is 2.71. The second-order valence-electron chi connectivity index (χ2n) is 3.47. The fourth-order valence-corrected chi connectivity index (χ4v) is 1.81. The van der Waals surface area contributed by atoms with Crippen molar-refractivity contribution in [1.29, 1.82) is 0 Å². The second kappa shape index (κ2) is 3.47. The molecule has 0 radical (unpaired) electrons. The van der Waals surface area contributed by atoms with E-state index in [1.807, 2.05) is 17.8 Å². The van der Waals surface area contributed by atoms with Crippen LogP contribution < -0.4 is 5.73 Å². The molecular formula is C9H15N3O. The number of nitrogens with zero attached hydrogens (tertiary/aromatic N) is 2. The van der Waals surface area contributed by atoms with Crippen molar-refractivity contribution in [3.63, 3.8) is 0 Å². The van der Waals surface area contributed by atoms with Crippen LogP contribution in [0, 0.1) is 5.92 Å². The van der Waals surface area contributed by atoms with Crippen molar-refractivity contribution in [3.05, 3.63) is 18.2 Å². The summed E-state index contributed by atoms with van der Waals surface area (Å²) < 4.78 is 7.62. The normalized spacial score (nSPS) is 28.2. The zero-order chi connectivity index (χ0) is 9.26. The Morgan fingerprint density at radius 2 is 2.62 bits per heavy atom. The molecular weight excluding hydrogens is 166 g/mol. The molecule has 1 saturated heterocycles. The number of hydrogen-bond donors (Lipinski definition) is 1. The first-order valence-electron chi connectivity index (χ1n) is 4.62. The van der Waals surface area contributed by atoms with Crippen LogP contribution in [-0.2, 0) is 11.8 Å². The van der Waals surface area contributed by atoms with Crippen LogP contribution >= 0.6 is 0 Å². The monoisotopic (exact) mass is 181 g/mol. The van der Waals surface area contributed by atoms with Crippen LogP contribution in [0.3, 0.4) is 0 Å². The van der Waals surface area contributed by atoms with Gasteiger partial charge in [0.2, 0.25) is 0 Å². The molecule has 4 nitrogen and oxygen atoms in total. The van der Waals surface area contributed by atoms with Gasteiger partial charge in [0.1, 0.15) is 11.9 Å². The minimum absolute atomic E-state index is 0.102. The summed E-state index contributed by atoms with van der Waals surface area (Å²) in [6.07, 6.45) is 4.88. The van der Waals surface area contributed by atoms with E-state index in [1.54, 1.807) is 6.20 Å². The van der Waals surface area contributed by atoms with Gasteiger partial charge >= 0.3 is 0 Å². The van der Waals surface area contributed by atoms with Crippen molar-refractivity contribution in [1.82, 2.24) is 9.55 Å². The van der Waals surface area contributed by atoms with Crippen molar-refractivity contribution in [3.8, 4) is 0 Å². The molecule has 0 bridgehead atoms. The number of imidazole rings is 1. The summed E-state index contributed by atoms with van der Waals surface area (Å²) in [6, 6.07) is 0. The Balaban J connectivity index is 2.20. The molecule has 2 rings (SSSR count). The van der Waals surface area contributed by atoms with E-state index in [1.165, 1.54) is 0 Å². The summed E-state index contributed by atoms with van der Waals surface area (Å²) in [5, 5.41) is 0. The van der Waals surface area contributed by atoms with Crippen molar-refractivity contribution < 1.29 is 4.74 Å². The van der Waals surface area contributed by atoms with Crippen molar-refractivity contribution in [2.75, 3.05) is 13.2 Å². The van der Waals surface area contributed by atoms with Gasteiger partial charge in [0.25, 0.3) is 0 Å². The summed E-state index contributed by atoms with van der Waals surface area (Å²) in [4.78, 5) is 4.28. The minimum atomic E-state index is 0.102. The van der Waals surface area contributed by atoms with Crippen molar-refractivity contribution >= 4 is 0 Å². The van der Waals surface area contributed by atoms with Gasteiger partial charge in [-0.2, -0.15) is 0 Å². The Kier molecular flexibility index (Phi) is 2.33. The van der Waals surface area contributed by atoms with Gasteiger partial charge < -0.3 is 15.0 Å². The largest absolute Gasteiger partial charge is 0.370 e. The number of ether oxygens (including phenoxy) is 1. The fourth-order valence-electron chi connectivity index (χ4n) is 1.81. The van der Waals surface area contributed by atoms with E-state index in [-0.39, 0.29) is 6.10 Å². The van der Waals surface area contributed by atoms with Gasteiger partial charge in [-0.25, -0.2) is 4.98 Å². The van der Waals surface area contributed by atoms with E-state index in [9.17, 15) is 0 Å². The van der Waals surface area contributed by atoms with Crippen LogP contribution in [0.2, 0.25) is 0 Å². The molecule has 0 aromatic carbocycles. The van der Waals surface area contributed by atoms with Crippen LogP contribution in [0.5, 0.6) is 0 Å². The lowest BCUT2D eigenvalue weighted by molar-refractivity contribution is 0.0831. The van der Waals surface area contributed by atoms with E-state index < -0.39 is 0 Å². The molecule has 1 aromatic heterocycles. The molecule has 0 spiro atoms. The van der Waals surface area contributed by atoms with Crippen LogP contribution in [0.15, 0.2) is 12.4 Å². The standard InChI is InChI=1S/C9H15N3O/c1-12-4-3-11-9(12)8-7(6-10)2-5-13-8/h3-4,7-8H,2,5-6,10H2,1H3. The Morgan fingerprint density at radius 3 is 3.23 bits per heavy atom. The molecule has 0 saturated carbocycles. The number of aryl methyl sites for hydroxylation is 1. The summed E-state index contributed by atoms with van der Waals surface area (Å²) in [6.45, 7) is 1.48. The van der Waals surface area contributed by atoms with Crippen LogP contribution in [-0.4, -0.2) is 22.7 Å². The van der Waals surface area contributed by atoms with Gasteiger partial charge in [0.05, 0.1) is 0 Å². The first-order chi connectivity index (χ1) is 6.33. The molecule has 2 atom stereocenters. The van der Waals surface area contributed by atoms with E-state index in [0.717, 1.165) is 18.9 Å². The molecule has 2 unspecified atom stereocenters. The van der Waals surface area contributed by atoms with Gasteiger partial charge in [-0.1, -0.05) is 0 Å². The van der Waals surface area contributed by atoms with Crippen molar-refractivity contribution in [2.45, 2.75) is 12.5 Å². The number of aromatic nitrogens is 2. The van der Waals surface area contributed by atoms with Gasteiger partial charge in [0, 0.05) is 32.0 Å². The first-order valence-corrected chi connectivity index (χ1v) is 4.62. The summed E-state index contributed by atoms with van der Waals surface area (Å²) >= 11 is 0. The molecule has 0 aliphatic carbocycles. The first kappa shape index (κ1) is 8.72. The van der Waals surface area contributed by atoms with E-state index in [4.69, 9.17) is 10.5 Å². The maximum Gasteiger partial charge on any atom is 0.137 e. The predicted molar refractivity (Wildman–Crippen MR) is 49.1 cm³/mol. The number of hydrogen-bond acceptors (Lipinski definition) is 3. The van der Waals surface area contributed by atoms with Crippen LogP contribution in [0.1, 0.15) is 18.3 Å². The molecule has 4 heteroatoms. The average molecular weight is 181 g/mol. The maximum atomic E-state index is 5.66. The fraction of sp³-hybridized carbons (Fsp3) is 0.667. The van der Waals surface area contributed by atoms with E-state index in [2.05, 4.69) is 4.98 Å².